The number of furan rings is 1. The van der Waals surface area contributed by atoms with Gasteiger partial charge in [0, 0.05) is 32.5 Å². The fourth-order valence-electron chi connectivity index (χ4n) is 2.05. The second-order valence-corrected chi connectivity index (χ2v) is 6.85. The Morgan fingerprint density at radius 1 is 1.33 bits per heavy atom. The van der Waals surface area contributed by atoms with Crippen molar-refractivity contribution in [1.29, 1.82) is 0 Å². The summed E-state index contributed by atoms with van der Waals surface area (Å²) in [5, 5.41) is 2.62. The van der Waals surface area contributed by atoms with E-state index in [9.17, 15) is 13.2 Å². The van der Waals surface area contributed by atoms with Gasteiger partial charge in [-0.05, 0) is 12.1 Å². The Balaban J connectivity index is 1.66. The summed E-state index contributed by atoms with van der Waals surface area (Å²) in [7, 11) is -3.32. The molecule has 1 aromatic rings. The third kappa shape index (κ3) is 5.14. The van der Waals surface area contributed by atoms with Crippen molar-refractivity contribution in [1.82, 2.24) is 9.62 Å². The first kappa shape index (κ1) is 16.0. The lowest BCUT2D eigenvalue weighted by Crippen LogP contribution is -2.43. The number of hydrogen-bond acceptors (Lipinski definition) is 5. The van der Waals surface area contributed by atoms with Gasteiger partial charge in [-0.2, -0.15) is 4.31 Å². The summed E-state index contributed by atoms with van der Waals surface area (Å²) in [6, 6.07) is 3.57. The summed E-state index contributed by atoms with van der Waals surface area (Å²) in [6.07, 6.45) is 2.35. The zero-order valence-corrected chi connectivity index (χ0v) is 12.6. The van der Waals surface area contributed by atoms with Crippen LogP contribution in [0.3, 0.4) is 0 Å². The van der Waals surface area contributed by atoms with E-state index in [1.807, 2.05) is 0 Å². The number of carbonyl (C=O) groups is 1. The van der Waals surface area contributed by atoms with E-state index in [1.165, 1.54) is 4.31 Å². The van der Waals surface area contributed by atoms with E-state index in [0.717, 1.165) is 5.76 Å². The van der Waals surface area contributed by atoms with Crippen LogP contribution in [0.2, 0.25) is 0 Å². The van der Waals surface area contributed by atoms with Gasteiger partial charge < -0.3 is 14.5 Å². The fourth-order valence-corrected chi connectivity index (χ4v) is 3.38. The van der Waals surface area contributed by atoms with Crippen molar-refractivity contribution >= 4 is 15.9 Å². The molecule has 1 fully saturated rings. The second-order valence-electron chi connectivity index (χ2n) is 4.76. The Hall–Kier alpha value is -1.38. The molecule has 1 aliphatic rings. The number of nitrogens with zero attached hydrogens (tertiary/aromatic N) is 1. The fraction of sp³-hybridized carbons (Fsp3) is 0.615. The van der Waals surface area contributed by atoms with Gasteiger partial charge in [-0.3, -0.25) is 4.79 Å². The van der Waals surface area contributed by atoms with Crippen LogP contribution in [-0.4, -0.2) is 57.2 Å². The molecule has 1 N–H and O–H groups in total. The molecule has 2 rings (SSSR count). The van der Waals surface area contributed by atoms with Gasteiger partial charge in [0.25, 0.3) is 0 Å². The van der Waals surface area contributed by atoms with Crippen molar-refractivity contribution in [3.63, 3.8) is 0 Å². The molecule has 8 heteroatoms. The van der Waals surface area contributed by atoms with E-state index in [4.69, 9.17) is 9.15 Å². The van der Waals surface area contributed by atoms with Crippen LogP contribution in [0.15, 0.2) is 22.8 Å². The highest BCUT2D eigenvalue weighted by Crippen LogP contribution is 2.05. The number of hydrogen-bond donors (Lipinski definition) is 1. The van der Waals surface area contributed by atoms with Crippen LogP contribution < -0.4 is 5.32 Å². The van der Waals surface area contributed by atoms with E-state index in [1.54, 1.807) is 18.4 Å². The van der Waals surface area contributed by atoms with Gasteiger partial charge in [0.05, 0.1) is 25.2 Å². The first-order chi connectivity index (χ1) is 10.1. The predicted molar refractivity (Wildman–Crippen MR) is 76.2 cm³/mol. The molecule has 118 valence electrons. The summed E-state index contributed by atoms with van der Waals surface area (Å²) in [4.78, 5) is 11.6. The van der Waals surface area contributed by atoms with Crippen LogP contribution in [0.1, 0.15) is 12.2 Å². The summed E-state index contributed by atoms with van der Waals surface area (Å²) in [5.41, 5.74) is 0. The summed E-state index contributed by atoms with van der Waals surface area (Å²) >= 11 is 0. The molecule has 0 saturated carbocycles. The molecule has 1 aromatic heterocycles. The maximum atomic E-state index is 12.0. The van der Waals surface area contributed by atoms with E-state index >= 15 is 0 Å². The smallest absolute Gasteiger partial charge is 0.220 e. The van der Waals surface area contributed by atoms with Crippen LogP contribution >= 0.6 is 0 Å². The number of morpholine rings is 1. The van der Waals surface area contributed by atoms with Gasteiger partial charge in [0.1, 0.15) is 5.76 Å². The quantitative estimate of drug-likeness (QED) is 0.764. The van der Waals surface area contributed by atoms with Crippen LogP contribution in [0, 0.1) is 0 Å². The molecule has 0 aliphatic carbocycles. The zero-order valence-electron chi connectivity index (χ0n) is 11.8. The lowest BCUT2D eigenvalue weighted by atomic mass is 10.2. The second kappa shape index (κ2) is 7.58. The van der Waals surface area contributed by atoms with Crippen molar-refractivity contribution in [2.45, 2.75) is 12.8 Å². The average molecular weight is 316 g/mol. The molecular weight excluding hydrogens is 296 g/mol. The van der Waals surface area contributed by atoms with Crippen molar-refractivity contribution in [3.8, 4) is 0 Å². The van der Waals surface area contributed by atoms with Crippen LogP contribution in [0.25, 0.3) is 0 Å². The van der Waals surface area contributed by atoms with Gasteiger partial charge in [0.2, 0.25) is 15.9 Å². The summed E-state index contributed by atoms with van der Waals surface area (Å²) in [5.74, 6) is 0.481. The molecule has 7 nitrogen and oxygen atoms in total. The van der Waals surface area contributed by atoms with Crippen molar-refractivity contribution in [3.05, 3.63) is 24.2 Å². The number of ether oxygens (including phenoxy) is 1. The largest absolute Gasteiger partial charge is 0.469 e. The highest BCUT2D eigenvalue weighted by molar-refractivity contribution is 7.89. The molecule has 0 bridgehead atoms. The number of carbonyl (C=O) groups excluding carboxylic acids is 1. The molecule has 1 aliphatic heterocycles. The van der Waals surface area contributed by atoms with Gasteiger partial charge >= 0.3 is 0 Å². The molecule has 0 atom stereocenters. The molecule has 0 radical (unpaired) electrons. The van der Waals surface area contributed by atoms with Crippen molar-refractivity contribution in [2.24, 2.45) is 0 Å². The Bertz CT molecular complexity index is 535. The minimum Gasteiger partial charge on any atom is -0.469 e. The number of nitrogens with one attached hydrogen (secondary N) is 1. The minimum atomic E-state index is -3.32. The normalized spacial score (nSPS) is 16.8. The average Bonchev–Trinajstić information content (AvgIpc) is 2.99. The number of aryl methyl sites for hydroxylation is 1. The minimum absolute atomic E-state index is 0.0838. The molecule has 1 amide bonds. The summed E-state index contributed by atoms with van der Waals surface area (Å²) in [6.45, 7) is 1.74. The topological polar surface area (TPSA) is 88.8 Å². The van der Waals surface area contributed by atoms with Crippen LogP contribution in [0.4, 0.5) is 0 Å². The molecule has 0 aromatic carbocycles. The maximum absolute atomic E-state index is 12.0. The van der Waals surface area contributed by atoms with E-state index in [0.29, 0.717) is 32.7 Å². The SMILES string of the molecule is O=C(CCc1ccco1)NCCS(=O)(=O)N1CCOCC1. The van der Waals surface area contributed by atoms with E-state index < -0.39 is 10.0 Å². The van der Waals surface area contributed by atoms with E-state index in [2.05, 4.69) is 5.32 Å². The number of amides is 1. The zero-order chi connectivity index (χ0) is 15.1. The first-order valence-corrected chi connectivity index (χ1v) is 8.53. The van der Waals surface area contributed by atoms with Crippen LogP contribution in [-0.2, 0) is 26.0 Å². The predicted octanol–water partition coefficient (Wildman–Crippen LogP) is -0.00960. The number of rotatable bonds is 7. The monoisotopic (exact) mass is 316 g/mol. The van der Waals surface area contributed by atoms with Gasteiger partial charge in [0.15, 0.2) is 0 Å². The third-order valence-corrected chi connectivity index (χ3v) is 5.10. The van der Waals surface area contributed by atoms with Gasteiger partial charge in [-0.15, -0.1) is 0 Å². The molecule has 2 heterocycles. The van der Waals surface area contributed by atoms with Gasteiger partial charge in [-0.1, -0.05) is 0 Å². The standard InChI is InChI=1S/C13H20N2O5S/c16-13(4-3-12-2-1-8-20-12)14-5-11-21(17,18)15-6-9-19-10-7-15/h1-2,8H,3-7,9-11H2,(H,14,16). The Morgan fingerprint density at radius 3 is 2.76 bits per heavy atom. The Kier molecular flexibility index (Phi) is 5.77. The lowest BCUT2D eigenvalue weighted by molar-refractivity contribution is -0.121. The molecule has 0 spiro atoms. The molecule has 21 heavy (non-hydrogen) atoms. The maximum Gasteiger partial charge on any atom is 0.220 e. The molecular formula is C13H20N2O5S. The molecule has 1 saturated heterocycles. The molecule has 0 unspecified atom stereocenters. The first-order valence-electron chi connectivity index (χ1n) is 6.92. The Morgan fingerprint density at radius 2 is 2.10 bits per heavy atom. The highest BCUT2D eigenvalue weighted by atomic mass is 32.2. The Labute approximate surface area is 124 Å². The van der Waals surface area contributed by atoms with E-state index in [-0.39, 0.29) is 24.6 Å². The lowest BCUT2D eigenvalue weighted by Gasteiger charge is -2.26. The highest BCUT2D eigenvalue weighted by Gasteiger charge is 2.23. The van der Waals surface area contributed by atoms with Crippen LogP contribution in [0.5, 0.6) is 0 Å². The van der Waals surface area contributed by atoms with Gasteiger partial charge in [-0.25, -0.2) is 8.42 Å². The summed E-state index contributed by atoms with van der Waals surface area (Å²) < 4.78 is 35.7. The van der Waals surface area contributed by atoms with Crippen molar-refractivity contribution < 1.29 is 22.4 Å². The van der Waals surface area contributed by atoms with Crippen molar-refractivity contribution in [2.75, 3.05) is 38.6 Å². The third-order valence-electron chi connectivity index (χ3n) is 3.22. The number of sulfonamides is 1.